The summed E-state index contributed by atoms with van der Waals surface area (Å²) in [6.45, 7) is 1.39. The summed E-state index contributed by atoms with van der Waals surface area (Å²) in [6, 6.07) is 5.89. The van der Waals surface area contributed by atoms with E-state index in [0.717, 1.165) is 19.3 Å². The molecule has 0 spiro atoms. The highest BCUT2D eigenvalue weighted by atomic mass is 35.5. The summed E-state index contributed by atoms with van der Waals surface area (Å²) in [5, 5.41) is 0. The Kier molecular flexibility index (Phi) is 4.51. The largest absolute Gasteiger partial charge is 0.416 e. The Bertz CT molecular complexity index is 506. The number of carbonyl (C=O) groups excluding carboxylic acids is 1. The van der Waals surface area contributed by atoms with Gasteiger partial charge in [-0.15, -0.1) is 12.4 Å². The summed E-state index contributed by atoms with van der Waals surface area (Å²) < 4.78 is 39.2. The molecule has 2 aliphatic rings. The Hall–Kier alpha value is -1.23. The Morgan fingerprint density at radius 1 is 1.10 bits per heavy atom. The first-order valence-electron chi connectivity index (χ1n) is 6.84. The van der Waals surface area contributed by atoms with E-state index in [2.05, 4.69) is 0 Å². The highest BCUT2D eigenvalue weighted by Crippen LogP contribution is 2.48. The number of likely N-dealkylation sites (tertiary alicyclic amines) is 1. The second-order valence-corrected chi connectivity index (χ2v) is 5.83. The van der Waals surface area contributed by atoms with E-state index < -0.39 is 11.7 Å². The lowest BCUT2D eigenvalue weighted by Crippen LogP contribution is -2.20. The fourth-order valence-corrected chi connectivity index (χ4v) is 3.79. The van der Waals surface area contributed by atoms with Crippen molar-refractivity contribution in [2.75, 3.05) is 13.1 Å². The van der Waals surface area contributed by atoms with E-state index >= 15 is 0 Å². The predicted octanol–water partition coefficient (Wildman–Crippen LogP) is 3.71. The van der Waals surface area contributed by atoms with Gasteiger partial charge >= 0.3 is 6.18 Å². The monoisotopic (exact) mass is 319 g/mol. The van der Waals surface area contributed by atoms with Gasteiger partial charge in [0.2, 0.25) is 6.41 Å². The molecular weight excluding hydrogens is 303 g/mol. The zero-order valence-electron chi connectivity index (χ0n) is 11.3. The normalized spacial score (nSPS) is 28.1. The Labute approximate surface area is 127 Å². The van der Waals surface area contributed by atoms with E-state index in [9.17, 15) is 18.0 Å². The van der Waals surface area contributed by atoms with Crippen LogP contribution in [-0.2, 0) is 11.0 Å². The van der Waals surface area contributed by atoms with Gasteiger partial charge in [0.1, 0.15) is 0 Å². The minimum atomic E-state index is -4.29. The number of rotatable bonds is 2. The molecule has 1 saturated carbocycles. The van der Waals surface area contributed by atoms with Crippen LogP contribution in [0.1, 0.15) is 29.9 Å². The molecule has 0 radical (unpaired) electrons. The van der Waals surface area contributed by atoms with Gasteiger partial charge in [0.25, 0.3) is 0 Å². The fraction of sp³-hybridized carbons (Fsp3) is 0.533. The number of carbonyl (C=O) groups is 1. The summed E-state index contributed by atoms with van der Waals surface area (Å²) >= 11 is 0. The summed E-state index contributed by atoms with van der Waals surface area (Å²) in [4.78, 5) is 12.5. The Balaban J connectivity index is 0.00000161. The van der Waals surface area contributed by atoms with Gasteiger partial charge in [0.05, 0.1) is 5.56 Å². The maximum atomic E-state index is 13.1. The summed E-state index contributed by atoms with van der Waals surface area (Å²) in [6.07, 6.45) is -1.94. The molecule has 1 saturated heterocycles. The smallest absolute Gasteiger partial charge is 0.345 e. The van der Waals surface area contributed by atoms with E-state index in [0.29, 0.717) is 30.5 Å². The number of halogens is 4. The van der Waals surface area contributed by atoms with Crippen LogP contribution in [-0.4, -0.2) is 24.4 Å². The third-order valence-electron chi connectivity index (χ3n) is 4.63. The number of hydrogen-bond acceptors (Lipinski definition) is 1. The summed E-state index contributed by atoms with van der Waals surface area (Å²) in [5.74, 6) is 0.676. The molecular formula is C15H17ClF3NO. The predicted molar refractivity (Wildman–Crippen MR) is 75.3 cm³/mol. The van der Waals surface area contributed by atoms with Crippen molar-refractivity contribution in [3.63, 3.8) is 0 Å². The maximum Gasteiger partial charge on any atom is 0.416 e. The van der Waals surface area contributed by atoms with E-state index in [4.69, 9.17) is 0 Å². The van der Waals surface area contributed by atoms with E-state index in [1.165, 1.54) is 12.1 Å². The molecule has 3 atom stereocenters. The van der Waals surface area contributed by atoms with Gasteiger partial charge in [0, 0.05) is 13.1 Å². The molecule has 2 fully saturated rings. The zero-order chi connectivity index (χ0) is 14.3. The maximum absolute atomic E-state index is 13.1. The van der Waals surface area contributed by atoms with Crippen molar-refractivity contribution in [1.82, 2.24) is 4.90 Å². The van der Waals surface area contributed by atoms with E-state index in [-0.39, 0.29) is 18.3 Å². The SMILES string of the molecule is Cl.O=CN1C[C@H]2C[C@H](c3ccccc3C(F)(F)F)C[C@H]2C1. The molecule has 1 aromatic rings. The van der Waals surface area contributed by atoms with Gasteiger partial charge in [0.15, 0.2) is 0 Å². The average molecular weight is 320 g/mol. The molecule has 1 aromatic carbocycles. The van der Waals surface area contributed by atoms with Crippen LogP contribution in [0.2, 0.25) is 0 Å². The van der Waals surface area contributed by atoms with Gasteiger partial charge < -0.3 is 4.90 Å². The van der Waals surface area contributed by atoms with Crippen LogP contribution >= 0.6 is 12.4 Å². The van der Waals surface area contributed by atoms with Gasteiger partial charge in [-0.25, -0.2) is 0 Å². The Morgan fingerprint density at radius 2 is 1.67 bits per heavy atom. The van der Waals surface area contributed by atoms with Crippen LogP contribution in [0.3, 0.4) is 0 Å². The molecule has 3 rings (SSSR count). The lowest BCUT2D eigenvalue weighted by molar-refractivity contribution is -0.138. The fourth-order valence-electron chi connectivity index (χ4n) is 3.79. The van der Waals surface area contributed by atoms with Crippen molar-refractivity contribution in [3.8, 4) is 0 Å². The van der Waals surface area contributed by atoms with Gasteiger partial charge in [-0.2, -0.15) is 13.2 Å². The van der Waals surface area contributed by atoms with Crippen LogP contribution in [0.4, 0.5) is 13.2 Å². The number of benzene rings is 1. The number of nitrogens with zero attached hydrogens (tertiary/aromatic N) is 1. The molecule has 1 heterocycles. The van der Waals surface area contributed by atoms with Crippen LogP contribution in [0, 0.1) is 11.8 Å². The number of hydrogen-bond donors (Lipinski definition) is 0. The van der Waals surface area contributed by atoms with Crippen molar-refractivity contribution in [1.29, 1.82) is 0 Å². The second kappa shape index (κ2) is 5.87. The molecule has 1 aliphatic heterocycles. The van der Waals surface area contributed by atoms with E-state index in [1.807, 2.05) is 0 Å². The first-order valence-corrected chi connectivity index (χ1v) is 6.84. The first-order chi connectivity index (χ1) is 9.49. The molecule has 0 bridgehead atoms. The van der Waals surface area contributed by atoms with Crippen molar-refractivity contribution in [2.24, 2.45) is 11.8 Å². The second-order valence-electron chi connectivity index (χ2n) is 5.83. The molecule has 21 heavy (non-hydrogen) atoms. The minimum absolute atomic E-state index is 0. The molecule has 0 unspecified atom stereocenters. The quantitative estimate of drug-likeness (QED) is 0.761. The van der Waals surface area contributed by atoms with Gasteiger partial charge in [-0.1, -0.05) is 18.2 Å². The number of amides is 1. The highest BCUT2D eigenvalue weighted by molar-refractivity contribution is 5.85. The molecule has 1 aliphatic carbocycles. The van der Waals surface area contributed by atoms with E-state index in [1.54, 1.807) is 17.0 Å². The Morgan fingerprint density at radius 3 is 2.19 bits per heavy atom. The minimum Gasteiger partial charge on any atom is -0.345 e. The highest BCUT2D eigenvalue weighted by Gasteiger charge is 2.43. The third-order valence-corrected chi connectivity index (χ3v) is 4.63. The van der Waals surface area contributed by atoms with Gasteiger partial charge in [-0.05, 0) is 42.2 Å². The first kappa shape index (κ1) is 16.1. The van der Waals surface area contributed by atoms with Crippen LogP contribution < -0.4 is 0 Å². The van der Waals surface area contributed by atoms with Crippen molar-refractivity contribution < 1.29 is 18.0 Å². The van der Waals surface area contributed by atoms with Crippen LogP contribution in [0.5, 0.6) is 0 Å². The lowest BCUT2D eigenvalue weighted by Gasteiger charge is -2.19. The van der Waals surface area contributed by atoms with Crippen molar-refractivity contribution >= 4 is 18.8 Å². The molecule has 116 valence electrons. The third kappa shape index (κ3) is 3.03. The lowest BCUT2D eigenvalue weighted by atomic mass is 9.91. The standard InChI is InChI=1S/C15H16F3NO.ClH/c16-15(17,18)14-4-2-1-3-13(14)10-5-11-7-19(9-20)8-12(11)6-10;/h1-4,9-12H,5-8H2;1H/t10-,11+,12-;. The topological polar surface area (TPSA) is 20.3 Å². The molecule has 0 N–H and O–H groups in total. The van der Waals surface area contributed by atoms with Crippen LogP contribution in [0.25, 0.3) is 0 Å². The zero-order valence-corrected chi connectivity index (χ0v) is 12.2. The van der Waals surface area contributed by atoms with Crippen molar-refractivity contribution in [3.05, 3.63) is 35.4 Å². The number of fused-ring (bicyclic) bond motifs is 1. The summed E-state index contributed by atoms with van der Waals surface area (Å²) in [7, 11) is 0. The average Bonchev–Trinajstić information content (AvgIpc) is 2.95. The number of alkyl halides is 3. The molecule has 0 aromatic heterocycles. The molecule has 2 nitrogen and oxygen atoms in total. The molecule has 1 amide bonds. The van der Waals surface area contributed by atoms with Crippen molar-refractivity contribution in [2.45, 2.75) is 24.9 Å². The van der Waals surface area contributed by atoms with Crippen LogP contribution in [0.15, 0.2) is 24.3 Å². The summed E-state index contributed by atoms with van der Waals surface area (Å²) in [5.41, 5.74) is -0.0794. The molecule has 6 heteroatoms. The van der Waals surface area contributed by atoms with Gasteiger partial charge in [-0.3, -0.25) is 4.79 Å².